The molecule has 1 aromatic carbocycles. The zero-order valence-electron chi connectivity index (χ0n) is 11.1. The van der Waals surface area contributed by atoms with Gasteiger partial charge in [0.25, 0.3) is 0 Å². The Morgan fingerprint density at radius 3 is 2.38 bits per heavy atom. The van der Waals surface area contributed by atoms with E-state index in [9.17, 15) is 9.59 Å². The summed E-state index contributed by atoms with van der Waals surface area (Å²) >= 11 is 7.26. The minimum Gasteiger partial charge on any atom is -0.478 e. The number of carboxylic acid groups (broad SMARTS) is 1. The lowest BCUT2D eigenvalue weighted by Gasteiger charge is -2.13. The molecule has 1 heterocycles. The molecule has 7 heteroatoms. The van der Waals surface area contributed by atoms with E-state index < -0.39 is 5.97 Å². The van der Waals surface area contributed by atoms with Crippen LogP contribution in [0.4, 0.5) is 10.5 Å². The molecule has 2 amide bonds. The van der Waals surface area contributed by atoms with Crippen LogP contribution >= 0.6 is 22.9 Å². The van der Waals surface area contributed by atoms with Gasteiger partial charge in [-0.15, -0.1) is 11.3 Å². The van der Waals surface area contributed by atoms with Crippen LogP contribution in [-0.4, -0.2) is 17.1 Å². The highest BCUT2D eigenvalue weighted by molar-refractivity contribution is 7.16. The molecule has 0 saturated carbocycles. The Labute approximate surface area is 130 Å². The summed E-state index contributed by atoms with van der Waals surface area (Å²) in [5.41, 5.74) is 0.691. The molecule has 0 spiro atoms. The Hall–Kier alpha value is -2.05. The number of thiophene rings is 1. The van der Waals surface area contributed by atoms with E-state index in [1.165, 1.54) is 35.6 Å². The number of rotatable bonds is 4. The van der Waals surface area contributed by atoms with Gasteiger partial charge in [0, 0.05) is 10.6 Å². The van der Waals surface area contributed by atoms with Crippen LogP contribution in [0.1, 0.15) is 28.2 Å². The van der Waals surface area contributed by atoms with Crippen LogP contribution in [0.2, 0.25) is 4.34 Å². The molecular formula is C14H13ClN2O3S. The molecule has 5 nitrogen and oxygen atoms in total. The molecule has 0 fully saturated rings. The number of aromatic carboxylic acids is 1. The standard InChI is InChI=1S/C14H13ClN2O3S/c1-8(11-6-7-12(15)21-11)16-14(20)17-10-4-2-9(3-5-10)13(18)19/h2-8H,1H3,(H,18,19)(H2,16,17,20). The first-order chi connectivity index (χ1) is 9.95. The zero-order valence-corrected chi connectivity index (χ0v) is 12.7. The van der Waals surface area contributed by atoms with Gasteiger partial charge in [0.1, 0.15) is 0 Å². The van der Waals surface area contributed by atoms with Gasteiger partial charge in [0.05, 0.1) is 15.9 Å². The predicted molar refractivity (Wildman–Crippen MR) is 83.3 cm³/mol. The number of carbonyl (C=O) groups excluding carboxylic acids is 1. The summed E-state index contributed by atoms with van der Waals surface area (Å²) in [7, 11) is 0. The normalized spacial score (nSPS) is 11.7. The van der Waals surface area contributed by atoms with Gasteiger partial charge in [-0.2, -0.15) is 0 Å². The van der Waals surface area contributed by atoms with Crippen molar-refractivity contribution in [1.29, 1.82) is 0 Å². The summed E-state index contributed by atoms with van der Waals surface area (Å²) in [6, 6.07) is 9.05. The number of carbonyl (C=O) groups is 2. The molecule has 1 aromatic heterocycles. The van der Waals surface area contributed by atoms with Crippen molar-refractivity contribution in [1.82, 2.24) is 5.32 Å². The van der Waals surface area contributed by atoms with Gasteiger partial charge >= 0.3 is 12.0 Å². The molecule has 2 rings (SSSR count). The van der Waals surface area contributed by atoms with Crippen LogP contribution in [0.3, 0.4) is 0 Å². The van der Waals surface area contributed by atoms with Crippen LogP contribution in [0.5, 0.6) is 0 Å². The topological polar surface area (TPSA) is 78.4 Å². The van der Waals surface area contributed by atoms with E-state index in [2.05, 4.69) is 10.6 Å². The number of anilines is 1. The summed E-state index contributed by atoms with van der Waals surface area (Å²) in [6.45, 7) is 1.86. The minimum absolute atomic E-state index is 0.166. The number of carboxylic acids is 1. The zero-order chi connectivity index (χ0) is 15.4. The van der Waals surface area contributed by atoms with Gasteiger partial charge in [-0.1, -0.05) is 11.6 Å². The maximum atomic E-state index is 11.9. The van der Waals surface area contributed by atoms with Crippen molar-refractivity contribution in [2.75, 3.05) is 5.32 Å². The van der Waals surface area contributed by atoms with E-state index in [0.29, 0.717) is 10.0 Å². The van der Waals surface area contributed by atoms with Crippen molar-refractivity contribution in [3.8, 4) is 0 Å². The van der Waals surface area contributed by atoms with Gasteiger partial charge < -0.3 is 15.7 Å². The average molecular weight is 325 g/mol. The number of benzene rings is 1. The third-order valence-corrected chi connectivity index (χ3v) is 4.17. The monoisotopic (exact) mass is 324 g/mol. The van der Waals surface area contributed by atoms with Crippen LogP contribution < -0.4 is 10.6 Å². The molecule has 0 aliphatic carbocycles. The largest absolute Gasteiger partial charge is 0.478 e. The van der Waals surface area contributed by atoms with Gasteiger partial charge in [-0.3, -0.25) is 0 Å². The lowest BCUT2D eigenvalue weighted by Crippen LogP contribution is -2.30. The van der Waals surface area contributed by atoms with Crippen molar-refractivity contribution in [2.24, 2.45) is 0 Å². The highest BCUT2D eigenvalue weighted by Crippen LogP contribution is 2.26. The number of urea groups is 1. The maximum Gasteiger partial charge on any atom is 0.335 e. The van der Waals surface area contributed by atoms with Crippen molar-refractivity contribution < 1.29 is 14.7 Å². The van der Waals surface area contributed by atoms with Crippen LogP contribution in [0.15, 0.2) is 36.4 Å². The fourth-order valence-electron chi connectivity index (χ4n) is 1.69. The minimum atomic E-state index is -1.01. The van der Waals surface area contributed by atoms with Crippen LogP contribution in [-0.2, 0) is 0 Å². The second-order valence-corrected chi connectivity index (χ2v) is 6.09. The quantitative estimate of drug-likeness (QED) is 0.796. The smallest absolute Gasteiger partial charge is 0.335 e. The summed E-state index contributed by atoms with van der Waals surface area (Å²) in [5.74, 6) is -1.01. The molecule has 110 valence electrons. The molecule has 2 aromatic rings. The summed E-state index contributed by atoms with van der Waals surface area (Å²) in [6.07, 6.45) is 0. The molecule has 0 aliphatic rings. The van der Waals surface area contributed by atoms with Crippen LogP contribution in [0, 0.1) is 0 Å². The number of hydrogen-bond donors (Lipinski definition) is 3. The Morgan fingerprint density at radius 2 is 1.86 bits per heavy atom. The van der Waals surface area contributed by atoms with Gasteiger partial charge in [-0.05, 0) is 43.3 Å². The molecule has 0 radical (unpaired) electrons. The molecule has 1 atom stereocenters. The predicted octanol–water partition coefficient (Wildman–Crippen LogP) is 3.98. The van der Waals surface area contributed by atoms with E-state index >= 15 is 0 Å². The number of hydrogen-bond acceptors (Lipinski definition) is 3. The first kappa shape index (κ1) is 15.3. The average Bonchev–Trinajstić information content (AvgIpc) is 2.86. The lowest BCUT2D eigenvalue weighted by atomic mass is 10.2. The van der Waals surface area contributed by atoms with Crippen molar-refractivity contribution in [3.63, 3.8) is 0 Å². The SMILES string of the molecule is CC(NC(=O)Nc1ccc(C(=O)O)cc1)c1ccc(Cl)s1. The molecule has 0 saturated heterocycles. The summed E-state index contributed by atoms with van der Waals surface area (Å²) in [5, 5.41) is 14.2. The third kappa shape index (κ3) is 4.21. The fraction of sp³-hybridized carbons (Fsp3) is 0.143. The molecule has 3 N–H and O–H groups in total. The summed E-state index contributed by atoms with van der Waals surface area (Å²) < 4.78 is 0.670. The third-order valence-electron chi connectivity index (χ3n) is 2.76. The number of nitrogens with one attached hydrogen (secondary N) is 2. The van der Waals surface area contributed by atoms with E-state index in [4.69, 9.17) is 16.7 Å². The Morgan fingerprint density at radius 1 is 1.19 bits per heavy atom. The second kappa shape index (κ2) is 6.60. The Kier molecular flexibility index (Phi) is 4.82. The highest BCUT2D eigenvalue weighted by Gasteiger charge is 2.12. The van der Waals surface area contributed by atoms with Crippen molar-refractivity contribution in [3.05, 3.63) is 51.2 Å². The first-order valence-electron chi connectivity index (χ1n) is 6.12. The van der Waals surface area contributed by atoms with Crippen LogP contribution in [0.25, 0.3) is 0 Å². The van der Waals surface area contributed by atoms with Gasteiger partial charge in [-0.25, -0.2) is 9.59 Å². The van der Waals surface area contributed by atoms with E-state index in [1.807, 2.05) is 13.0 Å². The van der Waals surface area contributed by atoms with Crippen molar-refractivity contribution in [2.45, 2.75) is 13.0 Å². The van der Waals surface area contributed by atoms with E-state index in [-0.39, 0.29) is 17.6 Å². The number of halogens is 1. The molecule has 0 bridgehead atoms. The number of amides is 2. The summed E-state index contributed by atoms with van der Waals surface area (Å²) in [4.78, 5) is 23.5. The van der Waals surface area contributed by atoms with Crippen molar-refractivity contribution >= 4 is 40.6 Å². The van der Waals surface area contributed by atoms with E-state index in [1.54, 1.807) is 6.07 Å². The molecule has 21 heavy (non-hydrogen) atoms. The molecular weight excluding hydrogens is 312 g/mol. The van der Waals surface area contributed by atoms with Gasteiger partial charge in [0.15, 0.2) is 0 Å². The van der Waals surface area contributed by atoms with E-state index in [0.717, 1.165) is 4.88 Å². The first-order valence-corrected chi connectivity index (χ1v) is 7.31. The van der Waals surface area contributed by atoms with Gasteiger partial charge in [0.2, 0.25) is 0 Å². The molecule has 0 aliphatic heterocycles. The molecule has 1 unspecified atom stereocenters. The fourth-order valence-corrected chi connectivity index (χ4v) is 2.76. The lowest BCUT2D eigenvalue weighted by molar-refractivity contribution is 0.0697. The highest BCUT2D eigenvalue weighted by atomic mass is 35.5. The Balaban J connectivity index is 1.93. The Bertz CT molecular complexity index is 654. The second-order valence-electron chi connectivity index (χ2n) is 4.34. The maximum absolute atomic E-state index is 11.9.